The summed E-state index contributed by atoms with van der Waals surface area (Å²) in [7, 11) is 0. The van der Waals surface area contributed by atoms with E-state index in [2.05, 4.69) is 34.8 Å². The molecule has 1 heterocycles. The lowest BCUT2D eigenvalue weighted by Crippen LogP contribution is -2.13. The second kappa shape index (κ2) is 4.76. The van der Waals surface area contributed by atoms with Gasteiger partial charge < -0.3 is 4.74 Å². The highest BCUT2D eigenvalue weighted by Crippen LogP contribution is 2.25. The van der Waals surface area contributed by atoms with Crippen LogP contribution in [0.4, 0.5) is 0 Å². The summed E-state index contributed by atoms with van der Waals surface area (Å²) in [6.07, 6.45) is 0. The van der Waals surface area contributed by atoms with Crippen LogP contribution in [0.15, 0.2) is 27.7 Å². The Hall–Kier alpha value is -0.540. The second-order valence-electron chi connectivity index (χ2n) is 4.18. The summed E-state index contributed by atoms with van der Waals surface area (Å²) in [5, 5.41) is 0.664. The molecule has 0 aliphatic carbocycles. The van der Waals surface area contributed by atoms with Gasteiger partial charge in [0, 0.05) is 4.47 Å². The van der Waals surface area contributed by atoms with Gasteiger partial charge >= 0.3 is 0 Å². The highest BCUT2D eigenvalue weighted by Gasteiger charge is 2.23. The SMILES string of the molecule is CC(C)[C@@H]1COC(c2ccc(Br)cc2Cl)=N1. The van der Waals surface area contributed by atoms with E-state index in [1.54, 1.807) is 0 Å². The fraction of sp³-hybridized carbons (Fsp3) is 0.417. The Morgan fingerprint density at radius 1 is 1.50 bits per heavy atom. The minimum Gasteiger partial charge on any atom is -0.475 e. The quantitative estimate of drug-likeness (QED) is 0.812. The maximum atomic E-state index is 6.15. The number of rotatable bonds is 2. The van der Waals surface area contributed by atoms with E-state index in [1.807, 2.05) is 18.2 Å². The largest absolute Gasteiger partial charge is 0.475 e. The first kappa shape index (κ1) is 11.9. The van der Waals surface area contributed by atoms with Gasteiger partial charge in [0.25, 0.3) is 0 Å². The molecule has 0 aromatic heterocycles. The normalized spacial score (nSPS) is 19.8. The summed E-state index contributed by atoms with van der Waals surface area (Å²) in [5.41, 5.74) is 0.869. The number of halogens is 2. The van der Waals surface area contributed by atoms with Gasteiger partial charge in [0.2, 0.25) is 5.90 Å². The molecule has 2 rings (SSSR count). The molecule has 0 saturated heterocycles. The van der Waals surface area contributed by atoms with Crippen molar-refractivity contribution in [1.29, 1.82) is 0 Å². The predicted octanol–water partition coefficient (Wildman–Crippen LogP) is 3.90. The highest BCUT2D eigenvalue weighted by atomic mass is 79.9. The van der Waals surface area contributed by atoms with E-state index in [0.29, 0.717) is 23.4 Å². The zero-order chi connectivity index (χ0) is 11.7. The molecule has 0 N–H and O–H groups in total. The summed E-state index contributed by atoms with van der Waals surface area (Å²) >= 11 is 9.52. The Morgan fingerprint density at radius 3 is 2.81 bits per heavy atom. The van der Waals surface area contributed by atoms with Crippen molar-refractivity contribution in [2.75, 3.05) is 6.61 Å². The maximum absolute atomic E-state index is 6.15. The van der Waals surface area contributed by atoms with Gasteiger partial charge in [-0.2, -0.15) is 0 Å². The summed E-state index contributed by atoms with van der Waals surface area (Å²) in [4.78, 5) is 4.54. The van der Waals surface area contributed by atoms with Crippen LogP contribution in [0.3, 0.4) is 0 Å². The van der Waals surface area contributed by atoms with Gasteiger partial charge in [0.05, 0.1) is 16.6 Å². The number of hydrogen-bond donors (Lipinski definition) is 0. The molecule has 0 fully saturated rings. The molecule has 1 aliphatic rings. The molecular formula is C12H13BrClNO. The van der Waals surface area contributed by atoms with E-state index >= 15 is 0 Å². The van der Waals surface area contributed by atoms with Crippen LogP contribution < -0.4 is 0 Å². The van der Waals surface area contributed by atoms with E-state index in [9.17, 15) is 0 Å². The molecule has 0 saturated carbocycles. The molecule has 0 amide bonds. The first-order valence-corrected chi connectivity index (χ1v) is 6.41. The van der Waals surface area contributed by atoms with Crippen LogP contribution in [0.2, 0.25) is 5.02 Å². The average molecular weight is 303 g/mol. The minimum atomic E-state index is 0.245. The van der Waals surface area contributed by atoms with Crippen LogP contribution in [-0.2, 0) is 4.74 Å². The van der Waals surface area contributed by atoms with Crippen molar-refractivity contribution in [2.45, 2.75) is 19.9 Å². The fourth-order valence-corrected chi connectivity index (χ4v) is 2.30. The van der Waals surface area contributed by atoms with Crippen LogP contribution in [-0.4, -0.2) is 18.5 Å². The van der Waals surface area contributed by atoms with E-state index in [4.69, 9.17) is 16.3 Å². The molecule has 0 unspecified atom stereocenters. The lowest BCUT2D eigenvalue weighted by atomic mass is 10.1. The summed E-state index contributed by atoms with van der Waals surface area (Å²) in [5.74, 6) is 1.16. The van der Waals surface area contributed by atoms with Gasteiger partial charge in [-0.25, -0.2) is 4.99 Å². The van der Waals surface area contributed by atoms with Crippen molar-refractivity contribution < 1.29 is 4.74 Å². The van der Waals surface area contributed by atoms with Crippen molar-refractivity contribution in [3.8, 4) is 0 Å². The zero-order valence-electron chi connectivity index (χ0n) is 9.21. The summed E-state index contributed by atoms with van der Waals surface area (Å²) in [6, 6.07) is 5.96. The van der Waals surface area contributed by atoms with Crippen LogP contribution in [0.5, 0.6) is 0 Å². The molecule has 0 spiro atoms. The molecule has 0 radical (unpaired) electrons. The first-order chi connectivity index (χ1) is 7.58. The minimum absolute atomic E-state index is 0.245. The molecule has 0 bridgehead atoms. The molecular weight excluding hydrogens is 289 g/mol. The lowest BCUT2D eigenvalue weighted by molar-refractivity contribution is 0.292. The molecule has 2 nitrogen and oxygen atoms in total. The van der Waals surface area contributed by atoms with Crippen molar-refractivity contribution in [3.63, 3.8) is 0 Å². The van der Waals surface area contributed by atoms with Gasteiger partial charge in [-0.15, -0.1) is 0 Å². The smallest absolute Gasteiger partial charge is 0.218 e. The zero-order valence-corrected chi connectivity index (χ0v) is 11.5. The van der Waals surface area contributed by atoms with E-state index in [1.165, 1.54) is 0 Å². The number of hydrogen-bond acceptors (Lipinski definition) is 2. The van der Waals surface area contributed by atoms with Crippen LogP contribution in [0.1, 0.15) is 19.4 Å². The monoisotopic (exact) mass is 301 g/mol. The lowest BCUT2D eigenvalue weighted by Gasteiger charge is -2.06. The topological polar surface area (TPSA) is 21.6 Å². The van der Waals surface area contributed by atoms with Gasteiger partial charge in [0.1, 0.15) is 6.61 Å². The van der Waals surface area contributed by atoms with Gasteiger partial charge in [-0.05, 0) is 24.1 Å². The number of aliphatic imine (C=N–C) groups is 1. The third-order valence-electron chi connectivity index (χ3n) is 2.60. The third kappa shape index (κ3) is 2.41. The molecule has 1 aliphatic heterocycles. The Balaban J connectivity index is 2.29. The van der Waals surface area contributed by atoms with Crippen LogP contribution >= 0.6 is 27.5 Å². The summed E-state index contributed by atoms with van der Waals surface area (Å²) < 4.78 is 6.54. The van der Waals surface area contributed by atoms with Gasteiger partial charge in [-0.1, -0.05) is 41.4 Å². The standard InChI is InChI=1S/C12H13BrClNO/c1-7(2)11-6-16-12(15-11)9-4-3-8(13)5-10(9)14/h3-5,7,11H,6H2,1-2H3/t11-/m0/s1. The molecule has 16 heavy (non-hydrogen) atoms. The average Bonchev–Trinajstić information content (AvgIpc) is 2.66. The fourth-order valence-electron chi connectivity index (χ4n) is 1.54. The van der Waals surface area contributed by atoms with Crippen LogP contribution in [0, 0.1) is 5.92 Å². The predicted molar refractivity (Wildman–Crippen MR) is 70.3 cm³/mol. The first-order valence-electron chi connectivity index (χ1n) is 5.24. The Bertz CT molecular complexity index is 431. The van der Waals surface area contributed by atoms with Crippen molar-refractivity contribution in [3.05, 3.63) is 33.3 Å². The van der Waals surface area contributed by atoms with E-state index in [-0.39, 0.29) is 6.04 Å². The maximum Gasteiger partial charge on any atom is 0.218 e. The molecule has 4 heteroatoms. The molecule has 1 aromatic carbocycles. The van der Waals surface area contributed by atoms with Crippen molar-refractivity contribution >= 4 is 33.4 Å². The molecule has 86 valence electrons. The number of benzene rings is 1. The van der Waals surface area contributed by atoms with Crippen molar-refractivity contribution in [1.82, 2.24) is 0 Å². The third-order valence-corrected chi connectivity index (χ3v) is 3.41. The Kier molecular flexibility index (Phi) is 3.55. The van der Waals surface area contributed by atoms with Gasteiger partial charge in [0.15, 0.2) is 0 Å². The van der Waals surface area contributed by atoms with E-state index in [0.717, 1.165) is 10.0 Å². The molecule has 1 aromatic rings. The number of nitrogens with zero attached hydrogens (tertiary/aromatic N) is 1. The summed E-state index contributed by atoms with van der Waals surface area (Å²) in [6.45, 7) is 4.94. The van der Waals surface area contributed by atoms with Gasteiger partial charge in [-0.3, -0.25) is 0 Å². The second-order valence-corrected chi connectivity index (χ2v) is 5.50. The van der Waals surface area contributed by atoms with E-state index < -0.39 is 0 Å². The van der Waals surface area contributed by atoms with Crippen LogP contribution in [0.25, 0.3) is 0 Å². The van der Waals surface area contributed by atoms with Crippen molar-refractivity contribution in [2.24, 2.45) is 10.9 Å². The Labute approximate surface area is 109 Å². The number of ether oxygens (including phenoxy) is 1. The Morgan fingerprint density at radius 2 is 2.25 bits per heavy atom. The molecule has 1 atom stereocenters. The highest BCUT2D eigenvalue weighted by molar-refractivity contribution is 9.10.